The van der Waals surface area contributed by atoms with Gasteiger partial charge in [-0.2, -0.15) is 0 Å². The van der Waals surface area contributed by atoms with Crippen LogP contribution < -0.4 is 5.32 Å². The monoisotopic (exact) mass is 282 g/mol. The van der Waals surface area contributed by atoms with Crippen LogP contribution in [0, 0.1) is 11.3 Å². The van der Waals surface area contributed by atoms with Crippen LogP contribution >= 0.6 is 0 Å². The van der Waals surface area contributed by atoms with E-state index in [4.69, 9.17) is 0 Å². The number of hydrogen-bond acceptors (Lipinski definition) is 3. The van der Waals surface area contributed by atoms with Gasteiger partial charge in [0, 0.05) is 25.2 Å². The molecule has 0 spiro atoms. The largest absolute Gasteiger partial charge is 0.395 e. The Morgan fingerprint density at radius 1 is 1.25 bits per heavy atom. The molecule has 3 nitrogen and oxygen atoms in total. The molecular formula is C17H34N2O. The Balaban J connectivity index is 1.94. The average molecular weight is 282 g/mol. The number of aliphatic hydroxyl groups excluding tert-OH is 1. The summed E-state index contributed by atoms with van der Waals surface area (Å²) in [5.74, 6) is 0.748. The molecule has 2 N–H and O–H groups in total. The lowest BCUT2D eigenvalue weighted by Crippen LogP contribution is -2.48. The lowest BCUT2D eigenvalue weighted by Gasteiger charge is -2.43. The molecule has 2 atom stereocenters. The maximum Gasteiger partial charge on any atom is 0.0558 e. The maximum absolute atomic E-state index is 9.30. The minimum absolute atomic E-state index is 0.305. The molecule has 2 unspecified atom stereocenters. The van der Waals surface area contributed by atoms with Gasteiger partial charge < -0.3 is 10.4 Å². The molecule has 0 heterocycles. The summed E-state index contributed by atoms with van der Waals surface area (Å²) in [6, 6.07) is 1.45. The van der Waals surface area contributed by atoms with Gasteiger partial charge in [0.25, 0.3) is 0 Å². The zero-order valence-electron chi connectivity index (χ0n) is 13.7. The number of rotatable bonds is 8. The fourth-order valence-corrected chi connectivity index (χ4v) is 3.82. The van der Waals surface area contributed by atoms with Crippen molar-refractivity contribution in [3.8, 4) is 0 Å². The standard InChI is InChI=1S/C17H34N2O/c1-4-9-18-16-7-8-17(2,3)12-14(16)13-19(10-11-20)15-5-6-15/h14-16,18,20H,4-13H2,1-3H3. The minimum Gasteiger partial charge on any atom is -0.395 e. The Morgan fingerprint density at radius 2 is 2.00 bits per heavy atom. The van der Waals surface area contributed by atoms with E-state index >= 15 is 0 Å². The van der Waals surface area contributed by atoms with Gasteiger partial charge in [-0.3, -0.25) is 4.90 Å². The summed E-state index contributed by atoms with van der Waals surface area (Å²) in [6.45, 7) is 10.6. The molecule has 20 heavy (non-hydrogen) atoms. The first-order valence-corrected chi connectivity index (χ1v) is 8.64. The van der Waals surface area contributed by atoms with Crippen molar-refractivity contribution in [2.45, 2.75) is 71.4 Å². The Morgan fingerprint density at radius 3 is 2.60 bits per heavy atom. The van der Waals surface area contributed by atoms with Gasteiger partial charge in [0.2, 0.25) is 0 Å². The predicted molar refractivity (Wildman–Crippen MR) is 84.9 cm³/mol. The van der Waals surface area contributed by atoms with Gasteiger partial charge in [-0.1, -0.05) is 20.8 Å². The summed E-state index contributed by atoms with van der Waals surface area (Å²) in [7, 11) is 0. The molecule has 0 aromatic rings. The highest BCUT2D eigenvalue weighted by molar-refractivity contribution is 4.93. The third-order valence-electron chi connectivity index (χ3n) is 5.09. The minimum atomic E-state index is 0.305. The second-order valence-electron chi connectivity index (χ2n) is 7.68. The smallest absolute Gasteiger partial charge is 0.0558 e. The normalized spacial score (nSPS) is 29.9. The van der Waals surface area contributed by atoms with Crippen LogP contribution in [0.4, 0.5) is 0 Å². The maximum atomic E-state index is 9.30. The van der Waals surface area contributed by atoms with Gasteiger partial charge in [-0.05, 0) is 56.4 Å². The van der Waals surface area contributed by atoms with Gasteiger partial charge in [-0.25, -0.2) is 0 Å². The Bertz CT molecular complexity index is 289. The molecule has 0 saturated heterocycles. The van der Waals surface area contributed by atoms with E-state index in [-0.39, 0.29) is 0 Å². The number of nitrogens with zero attached hydrogens (tertiary/aromatic N) is 1. The fraction of sp³-hybridized carbons (Fsp3) is 1.00. The van der Waals surface area contributed by atoms with E-state index in [2.05, 4.69) is 31.0 Å². The van der Waals surface area contributed by atoms with Crippen LogP contribution in [-0.2, 0) is 0 Å². The molecule has 118 valence electrons. The van der Waals surface area contributed by atoms with Crippen molar-refractivity contribution in [2.75, 3.05) is 26.2 Å². The molecule has 2 aliphatic rings. The number of nitrogens with one attached hydrogen (secondary N) is 1. The lowest BCUT2D eigenvalue weighted by atomic mass is 9.69. The first-order valence-electron chi connectivity index (χ1n) is 8.64. The molecule has 2 saturated carbocycles. The van der Waals surface area contributed by atoms with Crippen LogP contribution in [0.5, 0.6) is 0 Å². The molecule has 0 amide bonds. The summed E-state index contributed by atoms with van der Waals surface area (Å²) in [5, 5.41) is 13.1. The zero-order valence-corrected chi connectivity index (χ0v) is 13.7. The Labute approximate surface area is 125 Å². The summed E-state index contributed by atoms with van der Waals surface area (Å²) in [6.07, 6.45) is 7.87. The summed E-state index contributed by atoms with van der Waals surface area (Å²) < 4.78 is 0. The molecule has 0 radical (unpaired) electrons. The number of hydrogen-bond donors (Lipinski definition) is 2. The molecule has 0 aromatic heterocycles. The highest BCUT2D eigenvalue weighted by Gasteiger charge is 2.37. The second-order valence-corrected chi connectivity index (χ2v) is 7.68. The van der Waals surface area contributed by atoms with Crippen LogP contribution in [0.25, 0.3) is 0 Å². The second kappa shape index (κ2) is 7.24. The van der Waals surface area contributed by atoms with Gasteiger partial charge in [-0.15, -0.1) is 0 Å². The van der Waals surface area contributed by atoms with Crippen molar-refractivity contribution in [3.63, 3.8) is 0 Å². The van der Waals surface area contributed by atoms with E-state index in [1.54, 1.807) is 0 Å². The van der Waals surface area contributed by atoms with Gasteiger partial charge >= 0.3 is 0 Å². The van der Waals surface area contributed by atoms with Crippen LogP contribution in [0.3, 0.4) is 0 Å². The molecule has 3 heteroatoms. The third kappa shape index (κ3) is 4.71. The average Bonchev–Trinajstić information content (AvgIpc) is 3.21. The van der Waals surface area contributed by atoms with Crippen molar-refractivity contribution in [1.29, 1.82) is 0 Å². The van der Waals surface area contributed by atoms with E-state index in [0.717, 1.165) is 25.0 Å². The molecule has 0 aromatic carbocycles. The Hall–Kier alpha value is -0.120. The molecule has 0 aliphatic heterocycles. The van der Waals surface area contributed by atoms with Crippen molar-refractivity contribution < 1.29 is 5.11 Å². The van der Waals surface area contributed by atoms with Crippen molar-refractivity contribution >= 4 is 0 Å². The molecule has 2 fully saturated rings. The predicted octanol–water partition coefficient (Wildman–Crippen LogP) is 2.64. The highest BCUT2D eigenvalue weighted by Crippen LogP contribution is 2.40. The zero-order chi connectivity index (χ0) is 14.6. The lowest BCUT2D eigenvalue weighted by molar-refractivity contribution is 0.0877. The van der Waals surface area contributed by atoms with E-state index in [1.807, 2.05) is 0 Å². The SMILES string of the molecule is CCCNC1CCC(C)(C)CC1CN(CCO)C1CC1. The summed E-state index contributed by atoms with van der Waals surface area (Å²) in [4.78, 5) is 2.55. The fourth-order valence-electron chi connectivity index (χ4n) is 3.82. The summed E-state index contributed by atoms with van der Waals surface area (Å²) in [5.41, 5.74) is 0.490. The highest BCUT2D eigenvalue weighted by atomic mass is 16.3. The molecule has 2 aliphatic carbocycles. The van der Waals surface area contributed by atoms with Crippen LogP contribution in [-0.4, -0.2) is 48.3 Å². The van der Waals surface area contributed by atoms with Crippen molar-refractivity contribution in [2.24, 2.45) is 11.3 Å². The van der Waals surface area contributed by atoms with Crippen LogP contribution in [0.15, 0.2) is 0 Å². The first-order chi connectivity index (χ1) is 9.55. The quantitative estimate of drug-likeness (QED) is 0.718. The van der Waals surface area contributed by atoms with E-state index in [9.17, 15) is 5.11 Å². The first kappa shape index (κ1) is 16.3. The molecule has 2 rings (SSSR count). The topological polar surface area (TPSA) is 35.5 Å². The summed E-state index contributed by atoms with van der Waals surface area (Å²) >= 11 is 0. The third-order valence-corrected chi connectivity index (χ3v) is 5.09. The molecular weight excluding hydrogens is 248 g/mol. The van der Waals surface area contributed by atoms with Gasteiger partial charge in [0.05, 0.1) is 6.61 Å². The van der Waals surface area contributed by atoms with E-state index in [0.29, 0.717) is 18.1 Å². The van der Waals surface area contributed by atoms with Crippen LogP contribution in [0.2, 0.25) is 0 Å². The van der Waals surface area contributed by atoms with E-state index < -0.39 is 0 Å². The van der Waals surface area contributed by atoms with E-state index in [1.165, 1.54) is 45.1 Å². The number of aliphatic hydroxyl groups is 1. The Kier molecular flexibility index (Phi) is 5.88. The van der Waals surface area contributed by atoms with Crippen molar-refractivity contribution in [3.05, 3.63) is 0 Å². The molecule has 0 bridgehead atoms. The van der Waals surface area contributed by atoms with Crippen molar-refractivity contribution in [1.82, 2.24) is 10.2 Å². The van der Waals surface area contributed by atoms with Gasteiger partial charge in [0.15, 0.2) is 0 Å². The van der Waals surface area contributed by atoms with Gasteiger partial charge in [0.1, 0.15) is 0 Å². The van der Waals surface area contributed by atoms with Crippen LogP contribution in [0.1, 0.15) is 59.3 Å².